The molecule has 2 heterocycles. The first-order valence-electron chi connectivity index (χ1n) is 11.8. The van der Waals surface area contributed by atoms with E-state index in [2.05, 4.69) is 25.9 Å². The highest BCUT2D eigenvalue weighted by molar-refractivity contribution is 7.99. The molecule has 0 radical (unpaired) electrons. The minimum Gasteiger partial charge on any atom is -0.493 e. The molecule has 0 atom stereocenters. The van der Waals surface area contributed by atoms with Gasteiger partial charge in [0.1, 0.15) is 10.8 Å². The van der Waals surface area contributed by atoms with Gasteiger partial charge in [0, 0.05) is 45.4 Å². The number of aromatic nitrogens is 2. The van der Waals surface area contributed by atoms with E-state index in [1.165, 1.54) is 6.20 Å². The molecule has 0 unspecified atom stereocenters. The van der Waals surface area contributed by atoms with Gasteiger partial charge in [0.05, 0.1) is 12.8 Å². The fourth-order valence-electron chi connectivity index (χ4n) is 3.38. The lowest BCUT2D eigenvalue weighted by atomic mass is 10.2. The van der Waals surface area contributed by atoms with E-state index in [-0.39, 0.29) is 5.91 Å². The standard InChI is InChI=1S/C25H20ClN5O2S.C2HF3O2/c26-22-15-27-25-30-19-11-18(29-24(32)16-5-2-1-3-6-16)12-20(13-19)33-9-10-34-21-8-4-7-17(14-21)28-23(22)31-25;3-2(4,5)1(6)7/h1-8,11-15H,9-10H2,(H,29,32)(H2,27,28,30,31);(H,6,7). The average molecular weight is 604 g/mol. The number of ether oxygens (including phenoxy) is 1. The van der Waals surface area contributed by atoms with E-state index in [9.17, 15) is 18.0 Å². The van der Waals surface area contributed by atoms with E-state index in [0.717, 1.165) is 16.3 Å². The number of carboxylic acid groups (broad SMARTS) is 1. The zero-order valence-electron chi connectivity index (χ0n) is 20.9. The Morgan fingerprint density at radius 3 is 2.49 bits per heavy atom. The van der Waals surface area contributed by atoms with Crippen LogP contribution in [0.5, 0.6) is 5.75 Å². The second kappa shape index (κ2) is 13.2. The van der Waals surface area contributed by atoms with E-state index in [4.69, 9.17) is 26.2 Å². The molecule has 4 N–H and O–H groups in total. The topological polar surface area (TPSA) is 125 Å². The lowest BCUT2D eigenvalue weighted by Crippen LogP contribution is -2.21. The van der Waals surface area contributed by atoms with Crippen molar-refractivity contribution in [1.82, 2.24) is 9.97 Å². The predicted molar refractivity (Wildman–Crippen MR) is 151 cm³/mol. The van der Waals surface area contributed by atoms with Gasteiger partial charge in [-0.3, -0.25) is 4.79 Å². The lowest BCUT2D eigenvalue weighted by Gasteiger charge is -2.13. The molecular weight excluding hydrogens is 583 g/mol. The summed E-state index contributed by atoms with van der Waals surface area (Å²) in [6.45, 7) is 0.494. The van der Waals surface area contributed by atoms with Gasteiger partial charge in [-0.15, -0.1) is 11.8 Å². The summed E-state index contributed by atoms with van der Waals surface area (Å²) in [5.74, 6) is -0.761. The Hall–Kier alpha value is -4.49. The maximum absolute atomic E-state index is 12.7. The highest BCUT2D eigenvalue weighted by Gasteiger charge is 2.38. The number of benzene rings is 3. The molecule has 41 heavy (non-hydrogen) atoms. The molecule has 212 valence electrons. The molecule has 1 amide bonds. The summed E-state index contributed by atoms with van der Waals surface area (Å²) >= 11 is 8.02. The van der Waals surface area contributed by atoms with Crippen molar-refractivity contribution >= 4 is 64.1 Å². The van der Waals surface area contributed by atoms with Crippen molar-refractivity contribution in [3.63, 3.8) is 0 Å². The number of carbonyl (C=O) groups is 2. The fourth-order valence-corrected chi connectivity index (χ4v) is 4.31. The van der Waals surface area contributed by atoms with Crippen LogP contribution in [0.1, 0.15) is 10.4 Å². The number of anilines is 5. The summed E-state index contributed by atoms with van der Waals surface area (Å²) in [6, 6.07) is 22.5. The number of nitrogens with one attached hydrogen (secondary N) is 3. The molecule has 0 saturated carbocycles. The number of carbonyl (C=O) groups excluding carboxylic acids is 1. The Morgan fingerprint density at radius 1 is 1.00 bits per heavy atom. The number of halogens is 4. The van der Waals surface area contributed by atoms with Gasteiger partial charge in [0.2, 0.25) is 5.95 Å². The Bertz CT molecular complexity index is 1540. The van der Waals surface area contributed by atoms with Crippen molar-refractivity contribution in [2.24, 2.45) is 0 Å². The molecule has 1 aromatic heterocycles. The third kappa shape index (κ3) is 8.75. The molecule has 4 aromatic rings. The summed E-state index contributed by atoms with van der Waals surface area (Å²) in [7, 11) is 0. The third-order valence-electron chi connectivity index (χ3n) is 5.16. The first kappa shape index (κ1) is 29.5. The van der Waals surface area contributed by atoms with Crippen LogP contribution in [0.25, 0.3) is 0 Å². The van der Waals surface area contributed by atoms with Gasteiger partial charge in [-0.2, -0.15) is 18.2 Å². The fraction of sp³-hybridized carbons (Fsp3) is 0.111. The highest BCUT2D eigenvalue weighted by atomic mass is 35.5. The van der Waals surface area contributed by atoms with Crippen molar-refractivity contribution in [3.8, 4) is 5.75 Å². The summed E-state index contributed by atoms with van der Waals surface area (Å²) in [5.41, 5.74) is 2.69. The predicted octanol–water partition coefficient (Wildman–Crippen LogP) is 6.99. The maximum atomic E-state index is 12.7. The minimum atomic E-state index is -5.08. The molecule has 1 aliphatic heterocycles. The summed E-state index contributed by atoms with van der Waals surface area (Å²) < 4.78 is 37.7. The smallest absolute Gasteiger partial charge is 0.490 e. The zero-order valence-corrected chi connectivity index (χ0v) is 22.5. The molecule has 0 aliphatic carbocycles. The number of carboxylic acids is 1. The van der Waals surface area contributed by atoms with Crippen molar-refractivity contribution < 1.29 is 32.6 Å². The second-order valence-corrected chi connectivity index (χ2v) is 9.81. The number of thioether (sulfide) groups is 1. The van der Waals surface area contributed by atoms with Crippen molar-refractivity contribution in [2.75, 3.05) is 28.3 Å². The number of fused-ring (bicyclic) bond motifs is 6. The van der Waals surface area contributed by atoms with Crippen LogP contribution in [0.15, 0.2) is 83.9 Å². The number of nitrogens with zero attached hydrogens (tertiary/aromatic N) is 2. The summed E-state index contributed by atoms with van der Waals surface area (Å²) in [4.78, 5) is 31.5. The van der Waals surface area contributed by atoms with Crippen LogP contribution in [0, 0.1) is 0 Å². The molecular formula is C27H21ClF3N5O4S. The molecule has 3 aromatic carbocycles. The zero-order chi connectivity index (χ0) is 29.4. The largest absolute Gasteiger partial charge is 0.493 e. The minimum absolute atomic E-state index is 0.210. The van der Waals surface area contributed by atoms with Gasteiger partial charge in [0.15, 0.2) is 5.82 Å². The average Bonchev–Trinajstić information content (AvgIpc) is 2.93. The van der Waals surface area contributed by atoms with E-state index in [0.29, 0.717) is 46.1 Å². The molecule has 0 spiro atoms. The van der Waals surface area contributed by atoms with E-state index in [1.54, 1.807) is 36.0 Å². The number of aliphatic carboxylic acids is 1. The van der Waals surface area contributed by atoms with Crippen LogP contribution in [-0.2, 0) is 4.79 Å². The normalized spacial score (nSPS) is 12.5. The maximum Gasteiger partial charge on any atom is 0.490 e. The monoisotopic (exact) mass is 603 g/mol. The van der Waals surface area contributed by atoms with Crippen LogP contribution in [-0.4, -0.2) is 45.5 Å². The van der Waals surface area contributed by atoms with Crippen molar-refractivity contribution in [3.05, 3.63) is 89.6 Å². The Kier molecular flexibility index (Phi) is 9.53. The van der Waals surface area contributed by atoms with Crippen LogP contribution >= 0.6 is 23.4 Å². The Morgan fingerprint density at radius 2 is 1.76 bits per heavy atom. The molecule has 0 fully saturated rings. The number of rotatable bonds is 2. The molecule has 14 heteroatoms. The molecule has 9 nitrogen and oxygen atoms in total. The van der Waals surface area contributed by atoms with Gasteiger partial charge >= 0.3 is 12.1 Å². The lowest BCUT2D eigenvalue weighted by molar-refractivity contribution is -0.192. The van der Waals surface area contributed by atoms with E-state index < -0.39 is 12.1 Å². The van der Waals surface area contributed by atoms with Gasteiger partial charge in [-0.1, -0.05) is 35.9 Å². The second-order valence-electron chi connectivity index (χ2n) is 8.23. The quantitative estimate of drug-likeness (QED) is 0.192. The molecule has 6 bridgehead atoms. The van der Waals surface area contributed by atoms with E-state index in [1.807, 2.05) is 48.5 Å². The first-order chi connectivity index (χ1) is 19.6. The van der Waals surface area contributed by atoms with Crippen molar-refractivity contribution in [1.29, 1.82) is 0 Å². The summed E-state index contributed by atoms with van der Waals surface area (Å²) in [5, 5.41) is 16.9. The molecule has 1 aliphatic rings. The number of amides is 1. The van der Waals surface area contributed by atoms with Gasteiger partial charge in [-0.05, 0) is 36.4 Å². The van der Waals surface area contributed by atoms with Gasteiger partial charge < -0.3 is 25.8 Å². The first-order valence-corrected chi connectivity index (χ1v) is 13.2. The number of alkyl halides is 3. The van der Waals surface area contributed by atoms with Gasteiger partial charge in [0.25, 0.3) is 5.91 Å². The van der Waals surface area contributed by atoms with Crippen molar-refractivity contribution in [2.45, 2.75) is 11.1 Å². The SMILES string of the molecule is O=C(Nc1cc2cc(c1)OCCSc1cccc(c1)Nc1nc(ncc1Cl)N2)c1ccccc1.O=C(O)C(F)(F)F. The summed E-state index contributed by atoms with van der Waals surface area (Å²) in [6.07, 6.45) is -3.55. The van der Waals surface area contributed by atoms with Crippen LogP contribution < -0.4 is 20.7 Å². The Balaban J connectivity index is 0.000000493. The van der Waals surface area contributed by atoms with Crippen LogP contribution in [0.2, 0.25) is 5.02 Å². The molecule has 5 rings (SSSR count). The highest BCUT2D eigenvalue weighted by Crippen LogP contribution is 2.31. The van der Waals surface area contributed by atoms with E-state index >= 15 is 0 Å². The Labute approximate surface area is 241 Å². The van der Waals surface area contributed by atoms with Crippen LogP contribution in [0.3, 0.4) is 0 Å². The number of hydrogen-bond donors (Lipinski definition) is 4. The number of hydrogen-bond acceptors (Lipinski definition) is 8. The van der Waals surface area contributed by atoms with Gasteiger partial charge in [-0.25, -0.2) is 9.78 Å². The molecule has 0 saturated heterocycles. The third-order valence-corrected chi connectivity index (χ3v) is 6.40. The van der Waals surface area contributed by atoms with Crippen LogP contribution in [0.4, 0.5) is 42.0 Å².